The first-order valence-corrected chi connectivity index (χ1v) is 4.18. The molecule has 0 rings (SSSR count). The Labute approximate surface area is 81.1 Å². The minimum absolute atomic E-state index is 0.152. The molecule has 14 heavy (non-hydrogen) atoms. The minimum atomic E-state index is -1.34. The van der Waals surface area contributed by atoms with E-state index in [4.69, 9.17) is 15.3 Å². The fraction of sp³-hybridized carbons (Fsp3) is 0.750. The Hall–Kier alpha value is -1.14. The molecule has 0 saturated heterocycles. The van der Waals surface area contributed by atoms with Crippen LogP contribution < -0.4 is 0 Å². The van der Waals surface area contributed by atoms with E-state index in [-0.39, 0.29) is 19.4 Å². The van der Waals surface area contributed by atoms with Crippen molar-refractivity contribution in [3.8, 4) is 0 Å². The molecule has 0 fully saturated rings. The van der Waals surface area contributed by atoms with Crippen LogP contribution in [0.4, 0.5) is 0 Å². The third-order valence-corrected chi connectivity index (χ3v) is 1.40. The molecule has 0 aromatic carbocycles. The maximum absolute atomic E-state index is 10.9. The van der Waals surface area contributed by atoms with Gasteiger partial charge in [-0.2, -0.15) is 0 Å². The Balaban J connectivity index is 4.02. The Morgan fingerprint density at radius 2 is 2.00 bits per heavy atom. The van der Waals surface area contributed by atoms with Gasteiger partial charge in [0.2, 0.25) is 6.10 Å². The van der Waals surface area contributed by atoms with E-state index in [0.717, 1.165) is 0 Å². The highest BCUT2D eigenvalue weighted by molar-refractivity contribution is 5.78. The molecule has 0 saturated carbocycles. The van der Waals surface area contributed by atoms with E-state index in [9.17, 15) is 9.59 Å². The van der Waals surface area contributed by atoms with Crippen molar-refractivity contribution in [2.24, 2.45) is 0 Å². The molecule has 0 amide bonds. The van der Waals surface area contributed by atoms with Crippen LogP contribution >= 0.6 is 0 Å². The van der Waals surface area contributed by atoms with Crippen LogP contribution in [0.5, 0.6) is 0 Å². The van der Waals surface area contributed by atoms with Gasteiger partial charge in [0.1, 0.15) is 0 Å². The summed E-state index contributed by atoms with van der Waals surface area (Å²) in [6, 6.07) is 0. The summed E-state index contributed by atoms with van der Waals surface area (Å²) in [7, 11) is 0. The lowest BCUT2D eigenvalue weighted by molar-refractivity contribution is -0.166. The number of rotatable bonds is 6. The highest BCUT2D eigenvalue weighted by atomic mass is 16.6. The van der Waals surface area contributed by atoms with E-state index < -0.39 is 24.1 Å². The lowest BCUT2D eigenvalue weighted by Crippen LogP contribution is -2.29. The molecule has 0 aliphatic rings. The van der Waals surface area contributed by atoms with E-state index in [1.807, 2.05) is 0 Å². The Bertz CT molecular complexity index is 200. The molecule has 2 atom stereocenters. The second-order valence-electron chi connectivity index (χ2n) is 2.88. The standard InChI is InChI=1S/C8H14O6/c1-5(10)4-7(11)14-6(2-3-9)8(12)13/h5-6,9-10H,2-4H2,1H3,(H,12,13)/t5-,6-/m1/s1. The van der Waals surface area contributed by atoms with Crippen molar-refractivity contribution in [1.29, 1.82) is 0 Å². The predicted molar refractivity (Wildman–Crippen MR) is 45.5 cm³/mol. The van der Waals surface area contributed by atoms with Gasteiger partial charge in [0.25, 0.3) is 0 Å². The van der Waals surface area contributed by atoms with Crippen molar-refractivity contribution in [1.82, 2.24) is 0 Å². The number of aliphatic hydroxyl groups is 2. The normalized spacial score (nSPS) is 14.5. The molecule has 0 unspecified atom stereocenters. The second-order valence-corrected chi connectivity index (χ2v) is 2.88. The van der Waals surface area contributed by atoms with Crippen molar-refractivity contribution < 1.29 is 29.6 Å². The highest BCUT2D eigenvalue weighted by Gasteiger charge is 2.21. The molecule has 0 aliphatic carbocycles. The number of carbonyl (C=O) groups is 2. The zero-order valence-electron chi connectivity index (χ0n) is 7.84. The first-order valence-electron chi connectivity index (χ1n) is 4.18. The second kappa shape index (κ2) is 6.33. The summed E-state index contributed by atoms with van der Waals surface area (Å²) < 4.78 is 4.50. The van der Waals surface area contributed by atoms with Crippen LogP contribution in [-0.2, 0) is 14.3 Å². The molecule has 0 aromatic rings. The summed E-state index contributed by atoms with van der Waals surface area (Å²) in [5.41, 5.74) is 0. The fourth-order valence-corrected chi connectivity index (χ4v) is 0.798. The maximum atomic E-state index is 10.9. The molecule has 0 spiro atoms. The van der Waals surface area contributed by atoms with Gasteiger partial charge in [-0.15, -0.1) is 0 Å². The molecule has 0 aromatic heterocycles. The third-order valence-electron chi connectivity index (χ3n) is 1.40. The zero-order valence-corrected chi connectivity index (χ0v) is 7.84. The average Bonchev–Trinajstić information content (AvgIpc) is 2.01. The summed E-state index contributed by atoms with van der Waals surface area (Å²) in [6.07, 6.45) is -2.62. The van der Waals surface area contributed by atoms with Gasteiger partial charge >= 0.3 is 11.9 Å². The highest BCUT2D eigenvalue weighted by Crippen LogP contribution is 2.02. The van der Waals surface area contributed by atoms with E-state index in [1.54, 1.807) is 0 Å². The lowest BCUT2D eigenvalue weighted by atomic mass is 10.2. The van der Waals surface area contributed by atoms with Crippen LogP contribution in [0.2, 0.25) is 0 Å². The van der Waals surface area contributed by atoms with Crippen molar-refractivity contribution >= 4 is 11.9 Å². The number of ether oxygens (including phenoxy) is 1. The summed E-state index contributed by atoms with van der Waals surface area (Å²) in [4.78, 5) is 21.4. The van der Waals surface area contributed by atoms with Gasteiger partial charge in [-0.05, 0) is 6.92 Å². The summed E-state index contributed by atoms with van der Waals surface area (Å²) in [6.45, 7) is 1.02. The SMILES string of the molecule is C[C@@H](O)CC(=O)O[C@H](CCO)C(=O)O. The minimum Gasteiger partial charge on any atom is -0.479 e. The van der Waals surface area contributed by atoms with Crippen molar-refractivity contribution in [3.05, 3.63) is 0 Å². The molecule has 82 valence electrons. The molecular formula is C8H14O6. The average molecular weight is 206 g/mol. The van der Waals surface area contributed by atoms with Gasteiger partial charge < -0.3 is 20.1 Å². The van der Waals surface area contributed by atoms with Crippen LogP contribution in [0.25, 0.3) is 0 Å². The van der Waals surface area contributed by atoms with Crippen molar-refractivity contribution in [3.63, 3.8) is 0 Å². The van der Waals surface area contributed by atoms with E-state index in [0.29, 0.717) is 0 Å². The number of carboxylic acid groups (broad SMARTS) is 1. The van der Waals surface area contributed by atoms with E-state index in [2.05, 4.69) is 4.74 Å². The van der Waals surface area contributed by atoms with Gasteiger partial charge in [-0.1, -0.05) is 0 Å². The number of hydrogen-bond acceptors (Lipinski definition) is 5. The topological polar surface area (TPSA) is 104 Å². The van der Waals surface area contributed by atoms with Crippen molar-refractivity contribution in [2.45, 2.75) is 32.0 Å². The molecule has 0 aliphatic heterocycles. The van der Waals surface area contributed by atoms with E-state index in [1.165, 1.54) is 6.92 Å². The number of carbonyl (C=O) groups excluding carboxylic acids is 1. The molecule has 3 N–H and O–H groups in total. The van der Waals surface area contributed by atoms with Crippen LogP contribution in [0.15, 0.2) is 0 Å². The molecular weight excluding hydrogens is 192 g/mol. The molecule has 0 bridgehead atoms. The van der Waals surface area contributed by atoms with Crippen LogP contribution in [0.3, 0.4) is 0 Å². The van der Waals surface area contributed by atoms with Gasteiger partial charge in [0.15, 0.2) is 0 Å². The van der Waals surface area contributed by atoms with Crippen LogP contribution in [-0.4, -0.2) is 46.1 Å². The van der Waals surface area contributed by atoms with Gasteiger partial charge in [0, 0.05) is 13.0 Å². The Morgan fingerprint density at radius 3 is 2.36 bits per heavy atom. The molecule has 6 nitrogen and oxygen atoms in total. The van der Waals surface area contributed by atoms with Crippen molar-refractivity contribution in [2.75, 3.05) is 6.61 Å². The Morgan fingerprint density at radius 1 is 1.43 bits per heavy atom. The number of aliphatic hydroxyl groups excluding tert-OH is 2. The summed E-state index contributed by atoms with van der Waals surface area (Å²) in [5, 5.41) is 25.8. The first kappa shape index (κ1) is 12.9. The van der Waals surface area contributed by atoms with Gasteiger partial charge in [-0.3, -0.25) is 4.79 Å². The zero-order chi connectivity index (χ0) is 11.1. The summed E-state index contributed by atoms with van der Waals surface area (Å²) >= 11 is 0. The molecule has 0 heterocycles. The monoisotopic (exact) mass is 206 g/mol. The largest absolute Gasteiger partial charge is 0.479 e. The molecule has 6 heteroatoms. The first-order chi connectivity index (χ1) is 6.47. The number of esters is 1. The quantitative estimate of drug-likeness (QED) is 0.488. The third kappa shape index (κ3) is 5.50. The van der Waals surface area contributed by atoms with Crippen LogP contribution in [0.1, 0.15) is 19.8 Å². The predicted octanol–water partition coefficient (Wildman–Crippen LogP) is -0.864. The van der Waals surface area contributed by atoms with Gasteiger partial charge in [0.05, 0.1) is 12.5 Å². The number of aliphatic carboxylic acids is 1. The summed E-state index contributed by atoms with van der Waals surface area (Å²) in [5.74, 6) is -2.10. The maximum Gasteiger partial charge on any atom is 0.345 e. The van der Waals surface area contributed by atoms with E-state index >= 15 is 0 Å². The van der Waals surface area contributed by atoms with Crippen LogP contribution in [0, 0.1) is 0 Å². The smallest absolute Gasteiger partial charge is 0.345 e. The molecule has 0 radical (unpaired) electrons. The van der Waals surface area contributed by atoms with Gasteiger partial charge in [-0.25, -0.2) is 4.79 Å². The fourth-order valence-electron chi connectivity index (χ4n) is 0.798. The number of carboxylic acids is 1. The Kier molecular flexibility index (Phi) is 5.82. The number of hydrogen-bond donors (Lipinski definition) is 3. The lowest BCUT2D eigenvalue weighted by Gasteiger charge is -2.12.